The summed E-state index contributed by atoms with van der Waals surface area (Å²) in [4.78, 5) is 18.4. The zero-order valence-corrected chi connectivity index (χ0v) is 8.72. The topological polar surface area (TPSA) is 50.7 Å². The molecule has 0 saturated carbocycles. The highest BCUT2D eigenvalue weighted by atomic mass is 19.1. The van der Waals surface area contributed by atoms with Gasteiger partial charge in [0.2, 0.25) is 0 Å². The third-order valence-corrected chi connectivity index (χ3v) is 2.53. The summed E-state index contributed by atoms with van der Waals surface area (Å²) in [5.41, 5.74) is 0.278. The molecule has 0 saturated heterocycles. The van der Waals surface area contributed by atoms with E-state index >= 15 is 0 Å². The van der Waals surface area contributed by atoms with Crippen LogP contribution >= 0.6 is 0 Å². The van der Waals surface area contributed by atoms with Crippen LogP contribution < -0.4 is 5.69 Å². The van der Waals surface area contributed by atoms with Gasteiger partial charge in [0.1, 0.15) is 17.2 Å². The second-order valence-corrected chi connectivity index (χ2v) is 3.59. The molecule has 0 radical (unpaired) electrons. The molecule has 3 rings (SSSR count). The Hall–Kier alpha value is -2.43. The summed E-state index contributed by atoms with van der Waals surface area (Å²) < 4.78 is 15.0. The van der Waals surface area contributed by atoms with Crippen molar-refractivity contribution in [1.29, 1.82) is 0 Å². The minimum atomic E-state index is -0.452. The first kappa shape index (κ1) is 9.77. The molecule has 0 unspecified atom stereocenters. The monoisotopic (exact) mass is 229 g/mol. The molecule has 4 nitrogen and oxygen atoms in total. The fourth-order valence-electron chi connectivity index (χ4n) is 1.82. The molecule has 0 atom stereocenters. The molecule has 0 amide bonds. The van der Waals surface area contributed by atoms with Gasteiger partial charge in [-0.2, -0.15) is 0 Å². The van der Waals surface area contributed by atoms with Crippen molar-refractivity contribution in [2.75, 3.05) is 0 Å². The van der Waals surface area contributed by atoms with Crippen molar-refractivity contribution in [1.82, 2.24) is 14.5 Å². The Morgan fingerprint density at radius 3 is 2.82 bits per heavy atom. The number of nitrogens with one attached hydrogen (secondary N) is 1. The number of fused-ring (bicyclic) bond motifs is 1. The Labute approximate surface area is 95.4 Å². The van der Waals surface area contributed by atoms with Gasteiger partial charge in [-0.3, -0.25) is 0 Å². The van der Waals surface area contributed by atoms with Crippen molar-refractivity contribution in [2.24, 2.45) is 0 Å². The summed E-state index contributed by atoms with van der Waals surface area (Å²) in [6, 6.07) is 9.65. The van der Waals surface area contributed by atoms with Crippen LogP contribution in [0.1, 0.15) is 0 Å². The van der Waals surface area contributed by atoms with Crippen LogP contribution in [0.15, 0.2) is 47.4 Å². The molecule has 2 aromatic heterocycles. The van der Waals surface area contributed by atoms with Gasteiger partial charge in [-0.1, -0.05) is 12.1 Å². The molecule has 17 heavy (non-hydrogen) atoms. The molecule has 3 aromatic rings. The average molecular weight is 229 g/mol. The smallest absolute Gasteiger partial charge is 0.305 e. The van der Waals surface area contributed by atoms with E-state index in [1.54, 1.807) is 36.5 Å². The molecule has 0 fully saturated rings. The van der Waals surface area contributed by atoms with E-state index in [1.165, 1.54) is 10.6 Å². The molecule has 5 heteroatoms. The molecule has 0 spiro atoms. The van der Waals surface area contributed by atoms with Gasteiger partial charge in [0.05, 0.1) is 5.52 Å². The summed E-state index contributed by atoms with van der Waals surface area (Å²) in [7, 11) is 0. The normalized spacial score (nSPS) is 10.9. The number of hydrogen-bond donors (Lipinski definition) is 1. The van der Waals surface area contributed by atoms with E-state index in [0.29, 0.717) is 11.3 Å². The summed E-state index contributed by atoms with van der Waals surface area (Å²) >= 11 is 0. The maximum absolute atomic E-state index is 13.7. The van der Waals surface area contributed by atoms with Gasteiger partial charge in [0.25, 0.3) is 0 Å². The Kier molecular flexibility index (Phi) is 2.04. The summed E-state index contributed by atoms with van der Waals surface area (Å²) in [5.74, 6) is -0.0552. The van der Waals surface area contributed by atoms with E-state index in [2.05, 4.69) is 9.97 Å². The van der Waals surface area contributed by atoms with Crippen LogP contribution in [0.3, 0.4) is 0 Å². The third kappa shape index (κ3) is 1.44. The highest BCUT2D eigenvalue weighted by molar-refractivity contribution is 5.77. The van der Waals surface area contributed by atoms with E-state index < -0.39 is 11.5 Å². The van der Waals surface area contributed by atoms with E-state index in [9.17, 15) is 9.18 Å². The van der Waals surface area contributed by atoms with Crippen molar-refractivity contribution in [3.8, 4) is 5.82 Å². The lowest BCUT2D eigenvalue weighted by atomic mass is 10.3. The van der Waals surface area contributed by atoms with Crippen molar-refractivity contribution in [3.05, 3.63) is 58.9 Å². The molecule has 1 N–H and O–H groups in total. The maximum Gasteiger partial charge on any atom is 0.332 e. The number of hydrogen-bond acceptors (Lipinski definition) is 2. The molecule has 0 aliphatic carbocycles. The SMILES string of the molecule is O=c1[nH]c2cccc(F)c2n1-c1ccccn1. The van der Waals surface area contributed by atoms with E-state index in [1.807, 2.05) is 0 Å². The largest absolute Gasteiger partial charge is 0.332 e. The lowest BCUT2D eigenvalue weighted by Gasteiger charge is -2.01. The number of rotatable bonds is 1. The molecule has 1 aromatic carbocycles. The Morgan fingerprint density at radius 2 is 2.06 bits per heavy atom. The fraction of sp³-hybridized carbons (Fsp3) is 0. The number of halogens is 1. The van der Waals surface area contributed by atoms with E-state index in [-0.39, 0.29) is 5.52 Å². The van der Waals surface area contributed by atoms with Gasteiger partial charge in [0, 0.05) is 6.20 Å². The zero-order chi connectivity index (χ0) is 11.8. The number of aromatic amines is 1. The van der Waals surface area contributed by atoms with Crippen LogP contribution in [0.5, 0.6) is 0 Å². The standard InChI is InChI=1S/C12H8FN3O/c13-8-4-3-5-9-11(8)16(12(17)15-9)10-6-1-2-7-14-10/h1-7H,(H,15,17). The molecule has 0 aliphatic rings. The first-order valence-electron chi connectivity index (χ1n) is 5.08. The maximum atomic E-state index is 13.7. The van der Waals surface area contributed by atoms with Gasteiger partial charge in [-0.05, 0) is 24.3 Å². The van der Waals surface area contributed by atoms with Crippen molar-refractivity contribution >= 4 is 11.0 Å². The predicted octanol–water partition coefficient (Wildman–Crippen LogP) is 1.85. The third-order valence-electron chi connectivity index (χ3n) is 2.53. The minimum Gasteiger partial charge on any atom is -0.305 e. The molecular formula is C12H8FN3O. The summed E-state index contributed by atoms with van der Waals surface area (Å²) in [6.45, 7) is 0. The first-order chi connectivity index (χ1) is 8.27. The van der Waals surface area contributed by atoms with E-state index in [4.69, 9.17) is 0 Å². The van der Waals surface area contributed by atoms with Crippen LogP contribution in [-0.4, -0.2) is 14.5 Å². The van der Waals surface area contributed by atoms with Crippen LogP contribution in [-0.2, 0) is 0 Å². The van der Waals surface area contributed by atoms with Gasteiger partial charge >= 0.3 is 5.69 Å². The Balaban J connectivity index is 2.45. The average Bonchev–Trinajstić information content (AvgIpc) is 2.68. The lowest BCUT2D eigenvalue weighted by Crippen LogP contribution is -2.15. The highest BCUT2D eigenvalue weighted by Gasteiger charge is 2.12. The first-order valence-corrected chi connectivity index (χ1v) is 5.08. The lowest BCUT2D eigenvalue weighted by molar-refractivity contribution is 0.633. The molecule has 0 bridgehead atoms. The van der Waals surface area contributed by atoms with Gasteiger partial charge in [0.15, 0.2) is 0 Å². The van der Waals surface area contributed by atoms with Crippen LogP contribution in [0.25, 0.3) is 16.9 Å². The van der Waals surface area contributed by atoms with Crippen molar-refractivity contribution < 1.29 is 4.39 Å². The van der Waals surface area contributed by atoms with Crippen LogP contribution in [0.4, 0.5) is 4.39 Å². The van der Waals surface area contributed by atoms with Gasteiger partial charge in [-0.15, -0.1) is 0 Å². The number of nitrogens with zero attached hydrogens (tertiary/aromatic N) is 2. The molecular weight excluding hydrogens is 221 g/mol. The zero-order valence-electron chi connectivity index (χ0n) is 8.72. The number of para-hydroxylation sites is 1. The summed E-state index contributed by atoms with van der Waals surface area (Å²) in [5, 5.41) is 0. The number of aromatic nitrogens is 3. The number of imidazole rings is 1. The predicted molar refractivity (Wildman–Crippen MR) is 61.6 cm³/mol. The molecule has 2 heterocycles. The second kappa shape index (κ2) is 3.55. The summed E-state index contributed by atoms with van der Waals surface area (Å²) in [6.07, 6.45) is 1.56. The fourth-order valence-corrected chi connectivity index (χ4v) is 1.82. The van der Waals surface area contributed by atoms with Gasteiger partial charge < -0.3 is 4.98 Å². The van der Waals surface area contributed by atoms with E-state index in [0.717, 1.165) is 0 Å². The quantitative estimate of drug-likeness (QED) is 0.692. The second-order valence-electron chi connectivity index (χ2n) is 3.59. The minimum absolute atomic E-state index is 0.219. The number of H-pyrrole nitrogens is 1. The van der Waals surface area contributed by atoms with Crippen LogP contribution in [0, 0.1) is 5.82 Å². The van der Waals surface area contributed by atoms with Gasteiger partial charge in [-0.25, -0.2) is 18.7 Å². The number of benzene rings is 1. The highest BCUT2D eigenvalue weighted by Crippen LogP contribution is 2.16. The van der Waals surface area contributed by atoms with Crippen molar-refractivity contribution in [2.45, 2.75) is 0 Å². The van der Waals surface area contributed by atoms with Crippen LogP contribution in [0.2, 0.25) is 0 Å². The Morgan fingerprint density at radius 1 is 1.18 bits per heavy atom. The van der Waals surface area contributed by atoms with Crippen molar-refractivity contribution in [3.63, 3.8) is 0 Å². The Bertz CT molecular complexity index is 730. The number of pyridine rings is 1. The molecule has 0 aliphatic heterocycles. The molecule has 84 valence electrons.